The number of imidazole rings is 1. The van der Waals surface area contributed by atoms with Crippen LogP contribution in [0.25, 0.3) is 0 Å². The highest BCUT2D eigenvalue weighted by Crippen LogP contribution is 2.21. The molecule has 13 N–H and O–H groups in total. The number of carbonyl (C=O) groups excluding carboxylic acids is 8. The Hall–Kier alpha value is -7.05. The third-order valence-electron chi connectivity index (χ3n) is 13.2. The Morgan fingerprint density at radius 2 is 1.23 bits per heavy atom. The molecule has 3 aromatic rings. The number of phenolic OH excluding ortho intramolecular Hbond substituents is 1. The van der Waals surface area contributed by atoms with Crippen molar-refractivity contribution >= 4 is 65.0 Å². The van der Waals surface area contributed by atoms with Gasteiger partial charge < -0.3 is 68.2 Å². The molecule has 1 fully saturated rings. The summed E-state index contributed by atoms with van der Waals surface area (Å²) in [6.45, 7) is 11.6. The van der Waals surface area contributed by atoms with Gasteiger partial charge in [-0.3, -0.25) is 38.4 Å². The minimum Gasteiger partial charge on any atom is -0.508 e. The molecule has 2 heterocycles. The van der Waals surface area contributed by atoms with E-state index in [9.17, 15) is 58.5 Å². The van der Waals surface area contributed by atoms with Gasteiger partial charge in [-0.25, -0.2) is 9.78 Å². The first-order valence-electron chi connectivity index (χ1n) is 26.3. The number of rotatable bonds is 30. The van der Waals surface area contributed by atoms with E-state index in [4.69, 9.17) is 5.73 Å². The van der Waals surface area contributed by atoms with Gasteiger partial charge in [-0.15, -0.1) is 0 Å². The predicted octanol–water partition coefficient (Wildman–Crippen LogP) is 0.432. The van der Waals surface area contributed by atoms with Crippen LogP contribution in [-0.4, -0.2) is 162 Å². The first-order chi connectivity index (χ1) is 36.9. The number of thioether (sulfide) groups is 1. The minimum atomic E-state index is -1.66. The highest BCUT2D eigenvalue weighted by Gasteiger charge is 2.42. The third kappa shape index (κ3) is 19.4. The molecule has 24 heteroatoms. The van der Waals surface area contributed by atoms with E-state index in [2.05, 4.69) is 47.2 Å². The summed E-state index contributed by atoms with van der Waals surface area (Å²) in [7, 11) is 0. The van der Waals surface area contributed by atoms with Crippen molar-refractivity contribution in [2.24, 2.45) is 23.5 Å². The molecule has 1 aliphatic heterocycles. The Balaban J connectivity index is 1.56. The van der Waals surface area contributed by atoms with Gasteiger partial charge in [0.25, 0.3) is 0 Å². The molecule has 78 heavy (non-hydrogen) atoms. The van der Waals surface area contributed by atoms with E-state index in [1.807, 2.05) is 44.2 Å². The Kier molecular flexibility index (Phi) is 25.0. The molecule has 0 unspecified atom stereocenters. The first kappa shape index (κ1) is 63.5. The number of aliphatic hydroxyl groups excluding tert-OH is 1. The van der Waals surface area contributed by atoms with Crippen LogP contribution in [0.15, 0.2) is 67.1 Å². The summed E-state index contributed by atoms with van der Waals surface area (Å²) >= 11 is 1.40. The number of aromatic hydroxyl groups is 1. The minimum absolute atomic E-state index is 0.0397. The van der Waals surface area contributed by atoms with E-state index in [1.165, 1.54) is 48.2 Å². The quantitative estimate of drug-likeness (QED) is 0.0431. The van der Waals surface area contributed by atoms with Crippen LogP contribution in [0.1, 0.15) is 91.0 Å². The van der Waals surface area contributed by atoms with Crippen molar-refractivity contribution in [1.29, 1.82) is 0 Å². The maximum Gasteiger partial charge on any atom is 0.326 e. The van der Waals surface area contributed by atoms with Gasteiger partial charge in [0, 0.05) is 31.3 Å². The number of aromatic nitrogens is 2. The van der Waals surface area contributed by atoms with Crippen LogP contribution in [-0.2, 0) is 62.4 Å². The number of H-pyrrole nitrogens is 1. The number of aliphatic carboxylic acids is 1. The summed E-state index contributed by atoms with van der Waals surface area (Å²) in [6.07, 6.45) is 3.69. The number of aromatic amines is 1. The number of hydrogen-bond acceptors (Lipinski definition) is 14. The lowest BCUT2D eigenvalue weighted by molar-refractivity contribution is -0.145. The maximum absolute atomic E-state index is 14.5. The van der Waals surface area contributed by atoms with Gasteiger partial charge >= 0.3 is 5.97 Å². The number of hydrogen-bond donors (Lipinski definition) is 12. The molecule has 428 valence electrons. The number of nitrogens with two attached hydrogens (primary N) is 1. The Bertz CT molecular complexity index is 2480. The monoisotopic (exact) mass is 1110 g/mol. The number of carbonyl (C=O) groups is 9. The molecular formula is C54H79N11O12S. The number of likely N-dealkylation sites (tertiary alicyclic amines) is 1. The topological polar surface area (TPSA) is 356 Å². The zero-order valence-corrected chi connectivity index (χ0v) is 46.4. The zero-order chi connectivity index (χ0) is 57.8. The van der Waals surface area contributed by atoms with Crippen molar-refractivity contribution in [3.8, 4) is 5.75 Å². The lowest BCUT2D eigenvalue weighted by atomic mass is 9.99. The molecule has 0 aliphatic carbocycles. The van der Waals surface area contributed by atoms with Gasteiger partial charge in [-0.05, 0) is 92.0 Å². The van der Waals surface area contributed by atoms with Crippen LogP contribution in [0, 0.1) is 17.8 Å². The fraction of sp³-hybridized carbons (Fsp3) is 0.556. The number of benzene rings is 2. The fourth-order valence-corrected chi connectivity index (χ4v) is 9.30. The van der Waals surface area contributed by atoms with Crippen LogP contribution in [0.5, 0.6) is 5.75 Å². The van der Waals surface area contributed by atoms with E-state index in [0.29, 0.717) is 23.4 Å². The van der Waals surface area contributed by atoms with E-state index in [0.717, 1.165) is 5.56 Å². The summed E-state index contributed by atoms with van der Waals surface area (Å²) in [5.74, 6) is -7.93. The Morgan fingerprint density at radius 1 is 0.679 bits per heavy atom. The number of phenols is 1. The number of carboxylic acid groups (broad SMARTS) is 1. The number of nitrogens with zero attached hydrogens (tertiary/aromatic N) is 2. The molecule has 8 amide bonds. The van der Waals surface area contributed by atoms with Crippen LogP contribution < -0.4 is 43.0 Å². The third-order valence-corrected chi connectivity index (χ3v) is 13.8. The van der Waals surface area contributed by atoms with Crippen molar-refractivity contribution in [2.75, 3.05) is 18.6 Å². The maximum atomic E-state index is 14.5. The molecule has 4 rings (SSSR count). The van der Waals surface area contributed by atoms with Crippen LogP contribution in [0.4, 0.5) is 0 Å². The number of amides is 8. The second kappa shape index (κ2) is 30.8. The van der Waals surface area contributed by atoms with Crippen molar-refractivity contribution in [1.82, 2.24) is 52.1 Å². The standard InChI is InChI=1S/C54H79N11O12S/c1-29(2)23-39(59-46(68)37(55)24-33-13-10-9-11-14-33)48(70)60-40(25-34-16-18-36(67)19-17-34)49(71)61-41(26-35-27-56-28-57-35)50(72)64-45(32(7)66)53(75)65-21-12-15-42(65)51(73)58-38(20-22-78-8)47(69)62-43(30(3)4)52(74)63-44(31(5)6)54(76)77/h9-11,13-14,16-19,27-32,37-45,66-67H,12,15,20-26,55H2,1-8H3,(H,56,57)(H,58,73)(H,59,68)(H,60,70)(H,61,71)(H,62,69)(H,63,74)(H,64,72)(H,76,77)/t32-,37+,38+,39+,40+,41+,42+,43+,44+,45+/m1/s1. The van der Waals surface area contributed by atoms with Crippen molar-refractivity contribution < 1.29 is 58.5 Å². The molecule has 23 nitrogen and oxygen atoms in total. The molecule has 1 aliphatic rings. The zero-order valence-electron chi connectivity index (χ0n) is 45.6. The van der Waals surface area contributed by atoms with E-state index < -0.39 is 126 Å². The van der Waals surface area contributed by atoms with Gasteiger partial charge in [-0.1, -0.05) is 84.0 Å². The summed E-state index contributed by atoms with van der Waals surface area (Å²) < 4.78 is 0. The molecule has 0 bridgehead atoms. The normalized spacial score (nSPS) is 16.8. The van der Waals surface area contributed by atoms with E-state index >= 15 is 0 Å². The molecule has 0 saturated carbocycles. The average Bonchev–Trinajstić information content (AvgIpc) is 4.12. The molecule has 10 atom stereocenters. The lowest BCUT2D eigenvalue weighted by Crippen LogP contribution is -2.62. The highest BCUT2D eigenvalue weighted by atomic mass is 32.2. The predicted molar refractivity (Wildman–Crippen MR) is 292 cm³/mol. The summed E-state index contributed by atoms with van der Waals surface area (Å²) in [5.41, 5.74) is 8.00. The van der Waals surface area contributed by atoms with Gasteiger partial charge in [0.15, 0.2) is 0 Å². The summed E-state index contributed by atoms with van der Waals surface area (Å²) in [4.78, 5) is 132. The van der Waals surface area contributed by atoms with Gasteiger partial charge in [-0.2, -0.15) is 11.8 Å². The van der Waals surface area contributed by atoms with Gasteiger partial charge in [0.05, 0.1) is 18.5 Å². The number of nitrogens with one attached hydrogen (secondary N) is 8. The van der Waals surface area contributed by atoms with Crippen molar-refractivity contribution in [3.05, 3.63) is 83.9 Å². The van der Waals surface area contributed by atoms with E-state index in [-0.39, 0.29) is 56.7 Å². The molecular weight excluding hydrogens is 1030 g/mol. The van der Waals surface area contributed by atoms with Crippen LogP contribution >= 0.6 is 11.8 Å². The van der Waals surface area contributed by atoms with Gasteiger partial charge in [0.1, 0.15) is 54.1 Å². The van der Waals surface area contributed by atoms with Crippen LogP contribution in [0.2, 0.25) is 0 Å². The SMILES string of the molecule is CSCC[C@H](NC(=O)[C@@H]1CCCN1C(=O)[C@@H](NC(=O)[C@H](Cc1cnc[nH]1)NC(=O)[C@H](Cc1ccc(O)cc1)NC(=O)[C@H](CC(C)C)NC(=O)[C@@H](N)Cc1ccccc1)[C@@H](C)O)C(=O)N[C@H](C(=O)N[C@H](C(=O)O)C(C)C)C(C)C. The van der Waals surface area contributed by atoms with Gasteiger partial charge in [0.2, 0.25) is 47.3 Å². The van der Waals surface area contributed by atoms with Crippen LogP contribution in [0.3, 0.4) is 0 Å². The fourth-order valence-electron chi connectivity index (χ4n) is 8.83. The average molecular weight is 1110 g/mol. The molecule has 2 aromatic carbocycles. The lowest BCUT2D eigenvalue weighted by Gasteiger charge is -2.32. The van der Waals surface area contributed by atoms with Crippen molar-refractivity contribution in [2.45, 2.75) is 154 Å². The highest BCUT2D eigenvalue weighted by molar-refractivity contribution is 7.98. The largest absolute Gasteiger partial charge is 0.508 e. The Morgan fingerprint density at radius 3 is 1.79 bits per heavy atom. The second-order valence-corrected chi connectivity index (χ2v) is 21.8. The molecule has 0 spiro atoms. The molecule has 1 saturated heterocycles. The smallest absolute Gasteiger partial charge is 0.326 e. The first-order valence-corrected chi connectivity index (χ1v) is 27.7. The summed E-state index contributed by atoms with van der Waals surface area (Å²) in [5, 5.41) is 49.5. The summed E-state index contributed by atoms with van der Waals surface area (Å²) in [6, 6.07) is 3.67. The van der Waals surface area contributed by atoms with Crippen molar-refractivity contribution in [3.63, 3.8) is 0 Å². The second-order valence-electron chi connectivity index (χ2n) is 20.8. The number of aliphatic hydroxyl groups is 1. The number of carboxylic acids is 1. The van der Waals surface area contributed by atoms with E-state index in [1.54, 1.807) is 46.1 Å². The Labute approximate surface area is 459 Å². The molecule has 0 radical (unpaired) electrons. The molecule has 1 aromatic heterocycles.